The van der Waals surface area contributed by atoms with Gasteiger partial charge in [0.1, 0.15) is 4.32 Å². The van der Waals surface area contributed by atoms with Gasteiger partial charge < -0.3 is 4.90 Å². The number of sulfone groups is 1. The number of benzene rings is 1. The van der Waals surface area contributed by atoms with Crippen LogP contribution in [-0.2, 0) is 16.0 Å². The summed E-state index contributed by atoms with van der Waals surface area (Å²) in [4.78, 5) is 1.55. The van der Waals surface area contributed by atoms with Crippen molar-refractivity contribution < 1.29 is 21.6 Å². The molecule has 21 heavy (non-hydrogen) atoms. The minimum absolute atomic E-state index is 0.0257. The van der Waals surface area contributed by atoms with Crippen LogP contribution in [-0.4, -0.2) is 35.5 Å². The number of hydrogen-bond donors (Lipinski definition) is 0. The van der Waals surface area contributed by atoms with Crippen LogP contribution in [0.15, 0.2) is 24.3 Å². The Morgan fingerprint density at radius 2 is 2.00 bits per heavy atom. The first-order chi connectivity index (χ1) is 9.67. The maximum Gasteiger partial charge on any atom is 0.416 e. The Morgan fingerprint density at radius 1 is 1.29 bits per heavy atom. The summed E-state index contributed by atoms with van der Waals surface area (Å²) in [6, 6.07) is 4.45. The molecule has 0 aromatic heterocycles. The van der Waals surface area contributed by atoms with Gasteiger partial charge >= 0.3 is 6.18 Å². The van der Waals surface area contributed by atoms with E-state index in [-0.39, 0.29) is 22.8 Å². The third kappa shape index (κ3) is 2.78. The zero-order valence-corrected chi connectivity index (χ0v) is 13.0. The van der Waals surface area contributed by atoms with Gasteiger partial charge in [-0.15, -0.1) is 0 Å². The molecule has 2 aliphatic rings. The van der Waals surface area contributed by atoms with Gasteiger partial charge in [-0.3, -0.25) is 0 Å². The number of fused-ring (bicyclic) bond motifs is 1. The van der Waals surface area contributed by atoms with Crippen molar-refractivity contribution in [2.45, 2.75) is 17.5 Å². The zero-order valence-electron chi connectivity index (χ0n) is 10.5. The second-order valence-corrected chi connectivity index (χ2v) is 9.01. The van der Waals surface area contributed by atoms with E-state index in [1.165, 1.54) is 23.9 Å². The van der Waals surface area contributed by atoms with Gasteiger partial charge in [0, 0.05) is 10.9 Å². The van der Waals surface area contributed by atoms with Crippen molar-refractivity contribution in [3.8, 4) is 0 Å². The highest BCUT2D eigenvalue weighted by atomic mass is 32.2. The molecule has 0 spiro atoms. The molecule has 0 unspecified atom stereocenters. The van der Waals surface area contributed by atoms with Crippen LogP contribution in [0.3, 0.4) is 0 Å². The summed E-state index contributed by atoms with van der Waals surface area (Å²) in [5, 5.41) is -0.197. The van der Waals surface area contributed by atoms with Crippen LogP contribution in [0.1, 0.15) is 5.56 Å². The first-order valence-electron chi connectivity index (χ1n) is 6.05. The lowest BCUT2D eigenvalue weighted by molar-refractivity contribution is -0.137. The fourth-order valence-corrected chi connectivity index (χ4v) is 6.98. The predicted octanol–water partition coefficient (Wildman–Crippen LogP) is 2.71. The summed E-state index contributed by atoms with van der Waals surface area (Å²) < 4.78 is 62.2. The second kappa shape index (κ2) is 4.85. The zero-order chi connectivity index (χ0) is 15.4. The standard InChI is InChI=1S/C12H10F3NO2S3/c13-12(14,15)7-2-1-3-8(4-7)16-9-5-21(17,18)6-10(9)20-11(16)19/h1-4,9-10H,5-6H2/t9-,10+/m1/s1. The van der Waals surface area contributed by atoms with Crippen LogP contribution in [0.4, 0.5) is 18.9 Å². The number of halogens is 3. The van der Waals surface area contributed by atoms with E-state index in [0.29, 0.717) is 10.0 Å². The molecule has 0 amide bonds. The topological polar surface area (TPSA) is 37.4 Å². The Labute approximate surface area is 129 Å². The summed E-state index contributed by atoms with van der Waals surface area (Å²) in [5.41, 5.74) is -0.468. The van der Waals surface area contributed by atoms with E-state index in [2.05, 4.69) is 0 Å². The average molecular weight is 353 g/mol. The van der Waals surface area contributed by atoms with Crippen molar-refractivity contribution in [1.29, 1.82) is 0 Å². The molecule has 2 aliphatic heterocycles. The molecule has 0 N–H and O–H groups in total. The monoisotopic (exact) mass is 353 g/mol. The number of hydrogen-bond acceptors (Lipinski definition) is 4. The molecule has 1 aromatic carbocycles. The van der Waals surface area contributed by atoms with Crippen molar-refractivity contribution in [2.75, 3.05) is 16.4 Å². The molecular formula is C12H10F3NO2S3. The van der Waals surface area contributed by atoms with Gasteiger partial charge in [-0.05, 0) is 18.2 Å². The Kier molecular flexibility index (Phi) is 3.49. The molecule has 0 radical (unpaired) electrons. The highest BCUT2D eigenvalue weighted by molar-refractivity contribution is 8.24. The van der Waals surface area contributed by atoms with E-state index in [9.17, 15) is 21.6 Å². The molecule has 1 aromatic rings. The lowest BCUT2D eigenvalue weighted by atomic mass is 10.1. The molecule has 2 heterocycles. The van der Waals surface area contributed by atoms with E-state index >= 15 is 0 Å². The van der Waals surface area contributed by atoms with Gasteiger partial charge in [-0.2, -0.15) is 13.2 Å². The highest BCUT2D eigenvalue weighted by Crippen LogP contribution is 2.42. The van der Waals surface area contributed by atoms with Crippen molar-refractivity contribution in [3.63, 3.8) is 0 Å². The van der Waals surface area contributed by atoms with Crippen molar-refractivity contribution in [2.24, 2.45) is 0 Å². The lowest BCUT2D eigenvalue weighted by Gasteiger charge is -2.24. The molecule has 0 saturated carbocycles. The fraction of sp³-hybridized carbons (Fsp3) is 0.417. The minimum Gasteiger partial charge on any atom is -0.322 e. The molecule has 9 heteroatoms. The second-order valence-electron chi connectivity index (χ2n) is 4.98. The van der Waals surface area contributed by atoms with Crippen molar-refractivity contribution >= 4 is 43.8 Å². The van der Waals surface area contributed by atoms with Crippen LogP contribution >= 0.6 is 24.0 Å². The molecule has 114 valence electrons. The number of thiocarbonyl (C=S) groups is 1. The third-order valence-corrected chi connectivity index (χ3v) is 7.10. The Balaban J connectivity index is 1.98. The molecule has 2 atom stereocenters. The number of thioether (sulfide) groups is 1. The van der Waals surface area contributed by atoms with Crippen LogP contribution in [0.2, 0.25) is 0 Å². The summed E-state index contributed by atoms with van der Waals surface area (Å²) in [6.07, 6.45) is -4.44. The van der Waals surface area contributed by atoms with Gasteiger partial charge in [-0.25, -0.2) is 8.42 Å². The predicted molar refractivity (Wildman–Crippen MR) is 80.3 cm³/mol. The first-order valence-corrected chi connectivity index (χ1v) is 9.16. The first kappa shape index (κ1) is 15.1. The number of alkyl halides is 3. The quantitative estimate of drug-likeness (QED) is 0.726. The Bertz CT molecular complexity index is 702. The largest absolute Gasteiger partial charge is 0.416 e. The lowest BCUT2D eigenvalue weighted by Crippen LogP contribution is -2.36. The van der Waals surface area contributed by atoms with E-state index in [1.807, 2.05) is 0 Å². The van der Waals surface area contributed by atoms with Crippen LogP contribution in [0, 0.1) is 0 Å². The van der Waals surface area contributed by atoms with E-state index in [0.717, 1.165) is 12.1 Å². The summed E-state index contributed by atoms with van der Waals surface area (Å²) >= 11 is 6.45. The Morgan fingerprint density at radius 3 is 2.67 bits per heavy atom. The van der Waals surface area contributed by atoms with Gasteiger partial charge in [0.2, 0.25) is 0 Å². The minimum atomic E-state index is -4.44. The number of nitrogens with zero attached hydrogens (tertiary/aromatic N) is 1. The summed E-state index contributed by atoms with van der Waals surface area (Å²) in [5.74, 6) is -0.0427. The third-order valence-electron chi connectivity index (χ3n) is 3.50. The van der Waals surface area contributed by atoms with Crippen molar-refractivity contribution in [3.05, 3.63) is 29.8 Å². The molecule has 2 fully saturated rings. The molecule has 2 saturated heterocycles. The van der Waals surface area contributed by atoms with E-state index < -0.39 is 21.6 Å². The maximum atomic E-state index is 12.8. The molecule has 0 bridgehead atoms. The number of rotatable bonds is 1. The normalized spacial score (nSPS) is 28.0. The molecule has 3 rings (SSSR count). The van der Waals surface area contributed by atoms with Crippen molar-refractivity contribution in [1.82, 2.24) is 0 Å². The fourth-order valence-electron chi connectivity index (χ4n) is 2.60. The maximum absolute atomic E-state index is 12.8. The highest BCUT2D eigenvalue weighted by Gasteiger charge is 2.48. The summed E-state index contributed by atoms with van der Waals surface area (Å²) in [7, 11) is -3.15. The van der Waals surface area contributed by atoms with Crippen LogP contribution in [0.5, 0.6) is 0 Å². The van der Waals surface area contributed by atoms with Gasteiger partial charge in [0.25, 0.3) is 0 Å². The SMILES string of the molecule is O=S1(=O)C[C@@H]2SC(=S)N(c3cccc(C(F)(F)F)c3)[C@@H]2C1. The smallest absolute Gasteiger partial charge is 0.322 e. The Hall–Kier alpha value is -0.800. The van der Waals surface area contributed by atoms with E-state index in [4.69, 9.17) is 12.2 Å². The van der Waals surface area contributed by atoms with Gasteiger partial charge in [0.05, 0.1) is 23.1 Å². The number of anilines is 1. The summed E-state index contributed by atoms with van der Waals surface area (Å²) in [6.45, 7) is 0. The molecule has 0 aliphatic carbocycles. The van der Waals surface area contributed by atoms with E-state index in [1.54, 1.807) is 4.90 Å². The van der Waals surface area contributed by atoms with Crippen LogP contribution in [0.25, 0.3) is 0 Å². The van der Waals surface area contributed by atoms with Crippen LogP contribution < -0.4 is 4.90 Å². The van der Waals surface area contributed by atoms with Gasteiger partial charge in [-0.1, -0.05) is 30.0 Å². The average Bonchev–Trinajstić information content (AvgIpc) is 2.78. The molecule has 3 nitrogen and oxygen atoms in total. The van der Waals surface area contributed by atoms with Gasteiger partial charge in [0.15, 0.2) is 9.84 Å². The molecular weight excluding hydrogens is 343 g/mol.